The molecule has 0 saturated carbocycles. The summed E-state index contributed by atoms with van der Waals surface area (Å²) in [6, 6.07) is 15.5. The zero-order valence-electron chi connectivity index (χ0n) is 32.4. The second-order valence-corrected chi connectivity index (χ2v) is 15.9. The van der Waals surface area contributed by atoms with E-state index >= 15 is 4.79 Å². The number of rotatable bonds is 21. The fourth-order valence-electron chi connectivity index (χ4n) is 8.64. The predicted molar refractivity (Wildman–Crippen MR) is 218 cm³/mol. The van der Waals surface area contributed by atoms with Crippen molar-refractivity contribution in [2.75, 3.05) is 42.6 Å². The van der Waals surface area contributed by atoms with Crippen LogP contribution in [0.2, 0.25) is 0 Å². The number of ether oxygens (including phenoxy) is 2. The fourth-order valence-corrected chi connectivity index (χ4v) is 9.58. The van der Waals surface area contributed by atoms with Crippen LogP contribution in [0.3, 0.4) is 0 Å². The Bertz CT molecular complexity index is 1650. The minimum atomic E-state index is -1.28. The maximum absolute atomic E-state index is 15.1. The number of likely N-dealkylation sites (tertiary alicyclic amines) is 1. The molecule has 2 aromatic rings. The molecule has 1 unspecified atom stereocenters. The van der Waals surface area contributed by atoms with Crippen LogP contribution in [-0.4, -0.2) is 95.1 Å². The maximum Gasteiger partial charge on any atom is 0.313 e. The second kappa shape index (κ2) is 19.2. The zero-order chi connectivity index (χ0) is 39.7. The van der Waals surface area contributed by atoms with Gasteiger partial charge in [-0.1, -0.05) is 71.3 Å². The van der Waals surface area contributed by atoms with Crippen LogP contribution in [0.25, 0.3) is 0 Å². The highest BCUT2D eigenvalue weighted by Crippen LogP contribution is 2.60. The summed E-state index contributed by atoms with van der Waals surface area (Å²) in [5.41, 5.74) is 1.13. The Balaban J connectivity index is 1.49. The molecule has 3 heterocycles. The van der Waals surface area contributed by atoms with Crippen LogP contribution in [0.1, 0.15) is 77.4 Å². The van der Waals surface area contributed by atoms with Gasteiger partial charge in [0, 0.05) is 55.4 Å². The number of halogens is 1. The first-order valence-electron chi connectivity index (χ1n) is 19.7. The van der Waals surface area contributed by atoms with Crippen molar-refractivity contribution in [2.24, 2.45) is 11.8 Å². The summed E-state index contributed by atoms with van der Waals surface area (Å²) in [5.74, 6) is -3.34. The third-order valence-electron chi connectivity index (χ3n) is 11.3. The number of carbonyl (C=O) groups excluding carboxylic acids is 4. The number of hydrogen-bond donors (Lipinski definition) is 2. The summed E-state index contributed by atoms with van der Waals surface area (Å²) in [4.78, 5) is 62.4. The van der Waals surface area contributed by atoms with Crippen molar-refractivity contribution in [3.8, 4) is 0 Å². The van der Waals surface area contributed by atoms with Crippen LogP contribution in [0.4, 0.5) is 11.4 Å². The normalized spacial score (nSPS) is 24.9. The molecule has 2 bridgehead atoms. The fraction of sp³-hybridized carbons (Fsp3) is 0.535. The third kappa shape index (κ3) is 8.86. The molecule has 2 aromatic carbocycles. The Kier molecular flexibility index (Phi) is 14.7. The van der Waals surface area contributed by atoms with Crippen LogP contribution < -0.4 is 15.1 Å². The van der Waals surface area contributed by atoms with Crippen molar-refractivity contribution in [1.82, 2.24) is 10.2 Å². The van der Waals surface area contributed by atoms with E-state index in [4.69, 9.17) is 9.47 Å². The molecule has 55 heavy (non-hydrogen) atoms. The standard InChI is InChI=1S/C43H57BrN4O7/c1-6-10-20-34(50)45-29(5)37(30-18-14-13-15-19-30)54-42(53)35-36-40(51)48(26-16-11-12-17-27-49)39(43(36)28-33(44)38(35)55-43)41(52)47(25-7-2)32-23-21-31(22-24-32)46(8-3)9-4/h6-7,13-15,18-19,21-24,29,33,35-39,49H,1-2,8-12,16-17,20,25-28H2,3-5H3,(H,45,50)/t29-,33?,35+,36-,37-,38+,39+,43-/m0/s1. The van der Waals surface area contributed by atoms with E-state index in [9.17, 15) is 19.5 Å². The Morgan fingerprint density at radius 2 is 1.71 bits per heavy atom. The van der Waals surface area contributed by atoms with Gasteiger partial charge < -0.3 is 34.6 Å². The number of unbranched alkanes of at least 4 members (excludes halogenated alkanes) is 3. The summed E-state index contributed by atoms with van der Waals surface area (Å²) in [5, 5.41) is 12.3. The molecule has 3 amide bonds. The van der Waals surface area contributed by atoms with Crippen molar-refractivity contribution >= 4 is 51.0 Å². The highest BCUT2D eigenvalue weighted by Gasteiger charge is 2.77. The third-order valence-corrected chi connectivity index (χ3v) is 12.1. The first-order chi connectivity index (χ1) is 26.6. The average molecular weight is 822 g/mol. The van der Waals surface area contributed by atoms with Gasteiger partial charge in [-0.05, 0) is 76.3 Å². The van der Waals surface area contributed by atoms with E-state index in [0.717, 1.165) is 31.6 Å². The highest BCUT2D eigenvalue weighted by atomic mass is 79.9. The number of anilines is 2. The predicted octanol–water partition coefficient (Wildman–Crippen LogP) is 6.11. The molecule has 5 rings (SSSR count). The van der Waals surface area contributed by atoms with Gasteiger partial charge in [-0.3, -0.25) is 19.2 Å². The summed E-state index contributed by atoms with van der Waals surface area (Å²) in [6.45, 7) is 15.9. The van der Waals surface area contributed by atoms with E-state index < -0.39 is 47.7 Å². The number of carbonyl (C=O) groups is 4. The molecule has 3 fully saturated rings. The molecule has 3 aliphatic rings. The lowest BCUT2D eigenvalue weighted by molar-refractivity contribution is -0.162. The first-order valence-corrected chi connectivity index (χ1v) is 20.6. The quantitative estimate of drug-likeness (QED) is 0.0669. The van der Waals surface area contributed by atoms with E-state index in [1.165, 1.54) is 0 Å². The molecule has 0 aliphatic carbocycles. The van der Waals surface area contributed by atoms with Crippen molar-refractivity contribution in [3.63, 3.8) is 0 Å². The Hall–Kier alpha value is -4.00. The molecule has 12 heteroatoms. The lowest BCUT2D eigenvalue weighted by Gasteiger charge is -2.37. The second-order valence-electron chi connectivity index (χ2n) is 14.7. The summed E-state index contributed by atoms with van der Waals surface area (Å²) < 4.78 is 13.1. The van der Waals surface area contributed by atoms with Gasteiger partial charge in [-0.15, -0.1) is 13.2 Å². The largest absolute Gasteiger partial charge is 0.455 e. The van der Waals surface area contributed by atoms with Crippen LogP contribution in [0.5, 0.6) is 0 Å². The van der Waals surface area contributed by atoms with Crippen LogP contribution >= 0.6 is 15.9 Å². The maximum atomic E-state index is 15.1. The minimum absolute atomic E-state index is 0.0886. The first kappa shape index (κ1) is 42.1. The number of benzene rings is 2. The number of fused-ring (bicyclic) bond motifs is 1. The molecule has 0 radical (unpaired) electrons. The lowest BCUT2D eigenvalue weighted by Crippen LogP contribution is -2.57. The average Bonchev–Trinajstić information content (AvgIpc) is 3.78. The zero-order valence-corrected chi connectivity index (χ0v) is 34.0. The van der Waals surface area contributed by atoms with Gasteiger partial charge in [0.2, 0.25) is 11.8 Å². The molecular weight excluding hydrogens is 764 g/mol. The molecule has 2 N–H and O–H groups in total. The highest BCUT2D eigenvalue weighted by molar-refractivity contribution is 9.09. The van der Waals surface area contributed by atoms with Gasteiger partial charge in [-0.2, -0.15) is 0 Å². The number of nitrogens with zero attached hydrogens (tertiary/aromatic N) is 3. The summed E-state index contributed by atoms with van der Waals surface area (Å²) in [7, 11) is 0. The monoisotopic (exact) mass is 820 g/mol. The van der Waals surface area contributed by atoms with Crippen LogP contribution in [0, 0.1) is 11.8 Å². The number of allylic oxidation sites excluding steroid dienone is 1. The number of amides is 3. The number of esters is 1. The molecule has 3 aliphatic heterocycles. The number of aliphatic hydroxyl groups excluding tert-OH is 1. The van der Waals surface area contributed by atoms with E-state index in [-0.39, 0.29) is 42.1 Å². The summed E-state index contributed by atoms with van der Waals surface area (Å²) in [6.07, 6.45) is 5.73. The van der Waals surface area contributed by atoms with E-state index in [1.54, 1.807) is 28.9 Å². The molecule has 8 atom stereocenters. The summed E-state index contributed by atoms with van der Waals surface area (Å²) >= 11 is 3.78. The van der Waals surface area contributed by atoms with Gasteiger partial charge in [0.25, 0.3) is 5.91 Å². The van der Waals surface area contributed by atoms with E-state index in [0.29, 0.717) is 43.5 Å². The number of alkyl halides is 1. The smallest absolute Gasteiger partial charge is 0.313 e. The molecule has 3 saturated heterocycles. The minimum Gasteiger partial charge on any atom is -0.455 e. The Morgan fingerprint density at radius 3 is 2.35 bits per heavy atom. The van der Waals surface area contributed by atoms with Crippen LogP contribution in [-0.2, 0) is 28.7 Å². The van der Waals surface area contributed by atoms with Crippen molar-refractivity contribution in [2.45, 2.75) is 100 Å². The number of aliphatic hydroxyl groups is 1. The van der Waals surface area contributed by atoms with Gasteiger partial charge in [0.1, 0.15) is 17.7 Å². The SMILES string of the molecule is C=CCCC(=O)N[C@@H](C)[C@H](OC(=O)[C@H]1[C@@H]2O[C@@]3(CC2Br)[C@@H]1C(=O)N(CCCCCCO)[C@@H]3C(=O)N(CC=C)c1ccc(N(CC)CC)cc1)c1ccccc1. The Morgan fingerprint density at radius 1 is 1.04 bits per heavy atom. The van der Waals surface area contributed by atoms with Crippen molar-refractivity contribution < 1.29 is 33.8 Å². The van der Waals surface area contributed by atoms with Gasteiger partial charge >= 0.3 is 5.97 Å². The van der Waals surface area contributed by atoms with Gasteiger partial charge in [0.05, 0.1) is 24.0 Å². The van der Waals surface area contributed by atoms with Crippen molar-refractivity contribution in [3.05, 3.63) is 85.5 Å². The number of hydrogen-bond acceptors (Lipinski definition) is 8. The molecule has 11 nitrogen and oxygen atoms in total. The van der Waals surface area contributed by atoms with E-state index in [1.807, 2.05) is 54.6 Å². The van der Waals surface area contributed by atoms with Crippen LogP contribution in [0.15, 0.2) is 79.9 Å². The molecule has 298 valence electrons. The number of nitrogens with one attached hydrogen (secondary N) is 1. The Labute approximate surface area is 334 Å². The molecule has 1 spiro atoms. The lowest BCUT2D eigenvalue weighted by atomic mass is 9.70. The molecular formula is C43H57BrN4O7. The van der Waals surface area contributed by atoms with Gasteiger partial charge in [-0.25, -0.2) is 0 Å². The topological polar surface area (TPSA) is 129 Å². The van der Waals surface area contributed by atoms with Gasteiger partial charge in [0.15, 0.2) is 0 Å². The van der Waals surface area contributed by atoms with E-state index in [2.05, 4.69) is 53.2 Å². The van der Waals surface area contributed by atoms with Crippen molar-refractivity contribution in [1.29, 1.82) is 0 Å². The molecule has 0 aromatic heterocycles.